The number of hydrogen-bond acceptors (Lipinski definition) is 6. The van der Waals surface area contributed by atoms with Gasteiger partial charge >= 0.3 is 0 Å². The lowest BCUT2D eigenvalue weighted by Crippen LogP contribution is -2.41. The molecule has 4 rings (SSSR count). The Balaban J connectivity index is 1.25. The molecule has 0 spiro atoms. The molecule has 3 aromatic rings. The second-order valence-electron chi connectivity index (χ2n) is 7.09. The second-order valence-corrected chi connectivity index (χ2v) is 7.09. The molecule has 7 nitrogen and oxygen atoms in total. The zero-order valence-electron chi connectivity index (χ0n) is 16.3. The van der Waals surface area contributed by atoms with Gasteiger partial charge in [-0.15, -0.1) is 0 Å². The highest BCUT2D eigenvalue weighted by atomic mass is 16.7. The van der Waals surface area contributed by atoms with Crippen molar-refractivity contribution in [2.24, 2.45) is 0 Å². The minimum absolute atomic E-state index is 0.0204. The van der Waals surface area contributed by atoms with Gasteiger partial charge in [0.2, 0.25) is 12.7 Å². The van der Waals surface area contributed by atoms with E-state index in [1.54, 1.807) is 18.2 Å². The van der Waals surface area contributed by atoms with Gasteiger partial charge < -0.3 is 29.7 Å². The molecule has 0 fully saturated rings. The van der Waals surface area contributed by atoms with Crippen molar-refractivity contribution in [2.75, 3.05) is 19.9 Å². The van der Waals surface area contributed by atoms with Gasteiger partial charge in [-0.3, -0.25) is 4.79 Å². The summed E-state index contributed by atoms with van der Waals surface area (Å²) >= 11 is 0. The Morgan fingerprint density at radius 3 is 2.73 bits per heavy atom. The number of aliphatic hydroxyl groups excluding tert-OH is 2. The Morgan fingerprint density at radius 1 is 1.03 bits per heavy atom. The van der Waals surface area contributed by atoms with Crippen molar-refractivity contribution in [2.45, 2.75) is 18.6 Å². The van der Waals surface area contributed by atoms with Gasteiger partial charge in [0.05, 0.1) is 0 Å². The van der Waals surface area contributed by atoms with Crippen molar-refractivity contribution in [3.05, 3.63) is 66.2 Å². The van der Waals surface area contributed by atoms with Gasteiger partial charge in [-0.05, 0) is 29.1 Å². The van der Waals surface area contributed by atoms with Gasteiger partial charge in [0.1, 0.15) is 24.6 Å². The Labute approximate surface area is 173 Å². The number of nitrogens with one attached hydrogen (secondary N) is 1. The van der Waals surface area contributed by atoms with E-state index in [9.17, 15) is 15.0 Å². The normalized spacial score (nSPS) is 14.3. The second kappa shape index (κ2) is 9.02. The Kier molecular flexibility index (Phi) is 6.02. The lowest BCUT2D eigenvalue weighted by Gasteiger charge is -2.16. The fraction of sp³-hybridized carbons (Fsp3) is 0.261. The molecule has 0 bridgehead atoms. The molecule has 1 aliphatic heterocycles. The highest BCUT2D eigenvalue weighted by Gasteiger charge is 2.19. The van der Waals surface area contributed by atoms with Crippen molar-refractivity contribution in [3.8, 4) is 17.2 Å². The fourth-order valence-electron chi connectivity index (χ4n) is 3.29. The summed E-state index contributed by atoms with van der Waals surface area (Å²) in [5.74, 6) is 1.35. The number of fused-ring (bicyclic) bond motifs is 2. The van der Waals surface area contributed by atoms with Crippen LogP contribution in [0.15, 0.2) is 60.7 Å². The minimum Gasteiger partial charge on any atom is -0.490 e. The quantitative estimate of drug-likeness (QED) is 0.527. The van der Waals surface area contributed by atoms with Gasteiger partial charge in [0, 0.05) is 18.4 Å². The summed E-state index contributed by atoms with van der Waals surface area (Å²) in [4.78, 5) is 12.2. The monoisotopic (exact) mass is 409 g/mol. The molecule has 2 atom stereocenters. The van der Waals surface area contributed by atoms with E-state index in [-0.39, 0.29) is 26.4 Å². The Bertz CT molecular complexity index is 1030. The third-order valence-corrected chi connectivity index (χ3v) is 4.86. The fourth-order valence-corrected chi connectivity index (χ4v) is 3.29. The summed E-state index contributed by atoms with van der Waals surface area (Å²) in [6.07, 6.45) is -2.02. The minimum atomic E-state index is -1.24. The number of hydrogen-bond donors (Lipinski definition) is 3. The molecule has 0 radical (unpaired) electrons. The van der Waals surface area contributed by atoms with Crippen LogP contribution in [0.4, 0.5) is 0 Å². The maximum absolute atomic E-state index is 12.2. The SMILES string of the molecule is O=C(NCC(O)COc1cccc2ccccc12)C(O)Cc1ccc2c(c1)OCO2. The third kappa shape index (κ3) is 4.64. The van der Waals surface area contributed by atoms with Crippen LogP contribution in [0.2, 0.25) is 0 Å². The van der Waals surface area contributed by atoms with Crippen molar-refractivity contribution in [1.29, 1.82) is 0 Å². The molecule has 7 heteroatoms. The average molecular weight is 409 g/mol. The molecule has 156 valence electrons. The molecule has 0 saturated carbocycles. The summed E-state index contributed by atoms with van der Waals surface area (Å²) in [5.41, 5.74) is 0.752. The zero-order chi connectivity index (χ0) is 20.9. The third-order valence-electron chi connectivity index (χ3n) is 4.86. The van der Waals surface area contributed by atoms with Gasteiger partial charge in [-0.1, -0.05) is 42.5 Å². The van der Waals surface area contributed by atoms with Gasteiger partial charge in [-0.25, -0.2) is 0 Å². The highest BCUT2D eigenvalue weighted by molar-refractivity contribution is 5.88. The number of amides is 1. The van der Waals surface area contributed by atoms with E-state index in [1.807, 2.05) is 42.5 Å². The van der Waals surface area contributed by atoms with Crippen molar-refractivity contribution >= 4 is 16.7 Å². The van der Waals surface area contributed by atoms with Crippen LogP contribution in [0.25, 0.3) is 10.8 Å². The van der Waals surface area contributed by atoms with Crippen LogP contribution in [0.1, 0.15) is 5.56 Å². The van der Waals surface area contributed by atoms with Gasteiger partial charge in [0.15, 0.2) is 11.5 Å². The summed E-state index contributed by atoms with van der Waals surface area (Å²) in [6, 6.07) is 18.8. The average Bonchev–Trinajstić information content (AvgIpc) is 3.23. The van der Waals surface area contributed by atoms with E-state index in [0.29, 0.717) is 17.2 Å². The largest absolute Gasteiger partial charge is 0.490 e. The first-order valence-corrected chi connectivity index (χ1v) is 9.73. The number of benzene rings is 3. The van der Waals surface area contributed by atoms with E-state index in [1.165, 1.54) is 0 Å². The molecule has 1 heterocycles. The first kappa shape index (κ1) is 20.0. The van der Waals surface area contributed by atoms with E-state index in [2.05, 4.69) is 5.32 Å². The van der Waals surface area contributed by atoms with Crippen molar-refractivity contribution < 1.29 is 29.2 Å². The molecule has 0 saturated heterocycles. The molecule has 1 aliphatic rings. The molecule has 0 aromatic heterocycles. The van der Waals surface area contributed by atoms with E-state index in [0.717, 1.165) is 16.3 Å². The van der Waals surface area contributed by atoms with Crippen LogP contribution < -0.4 is 19.5 Å². The lowest BCUT2D eigenvalue weighted by atomic mass is 10.1. The van der Waals surface area contributed by atoms with Crippen molar-refractivity contribution in [1.82, 2.24) is 5.32 Å². The molecule has 2 unspecified atom stereocenters. The van der Waals surface area contributed by atoms with Gasteiger partial charge in [-0.2, -0.15) is 0 Å². The van der Waals surface area contributed by atoms with Crippen LogP contribution >= 0.6 is 0 Å². The van der Waals surface area contributed by atoms with Crippen LogP contribution in [0.5, 0.6) is 17.2 Å². The summed E-state index contributed by atoms with van der Waals surface area (Å²) < 4.78 is 16.3. The number of rotatable bonds is 8. The Hall–Kier alpha value is -3.29. The van der Waals surface area contributed by atoms with Gasteiger partial charge in [0.25, 0.3) is 0 Å². The molecule has 3 N–H and O–H groups in total. The summed E-state index contributed by atoms with van der Waals surface area (Å²) in [6.45, 7) is 0.162. The van der Waals surface area contributed by atoms with Crippen LogP contribution in [-0.2, 0) is 11.2 Å². The highest BCUT2D eigenvalue weighted by Crippen LogP contribution is 2.32. The molecular weight excluding hydrogens is 386 g/mol. The Morgan fingerprint density at radius 2 is 1.83 bits per heavy atom. The maximum Gasteiger partial charge on any atom is 0.249 e. The molecule has 1 amide bonds. The first-order chi connectivity index (χ1) is 14.6. The smallest absolute Gasteiger partial charge is 0.249 e. The first-order valence-electron chi connectivity index (χ1n) is 9.73. The van der Waals surface area contributed by atoms with Crippen LogP contribution in [0, 0.1) is 0 Å². The predicted octanol–water partition coefficient (Wildman–Crippen LogP) is 2.03. The lowest BCUT2D eigenvalue weighted by molar-refractivity contribution is -0.129. The van der Waals surface area contributed by atoms with E-state index < -0.39 is 18.1 Å². The number of carbonyl (C=O) groups excluding carboxylic acids is 1. The number of aliphatic hydroxyl groups is 2. The molecule has 30 heavy (non-hydrogen) atoms. The zero-order valence-corrected chi connectivity index (χ0v) is 16.3. The molecular formula is C23H23NO6. The van der Waals surface area contributed by atoms with Crippen LogP contribution in [-0.4, -0.2) is 48.3 Å². The molecule has 0 aliphatic carbocycles. The topological polar surface area (TPSA) is 97.3 Å². The maximum atomic E-state index is 12.2. The number of ether oxygens (including phenoxy) is 3. The number of carbonyl (C=O) groups is 1. The summed E-state index contributed by atoms with van der Waals surface area (Å²) in [5, 5.41) is 24.9. The van der Waals surface area contributed by atoms with E-state index in [4.69, 9.17) is 14.2 Å². The van der Waals surface area contributed by atoms with Crippen LogP contribution in [0.3, 0.4) is 0 Å². The van der Waals surface area contributed by atoms with Crippen molar-refractivity contribution in [3.63, 3.8) is 0 Å². The summed E-state index contributed by atoms with van der Waals surface area (Å²) in [7, 11) is 0. The van der Waals surface area contributed by atoms with E-state index >= 15 is 0 Å². The molecule has 3 aromatic carbocycles. The standard InChI is InChI=1S/C23H23NO6/c25-17(13-28-20-7-3-5-16-4-1-2-6-18(16)20)12-24-23(27)19(26)10-15-8-9-21-22(11-15)30-14-29-21/h1-9,11,17,19,25-26H,10,12-14H2,(H,24,27). The predicted molar refractivity (Wildman–Crippen MR) is 111 cm³/mol.